The molecule has 0 fully saturated rings. The van der Waals surface area contributed by atoms with Gasteiger partial charge in [-0.1, -0.05) is 12.1 Å². The Morgan fingerprint density at radius 3 is 2.87 bits per heavy atom. The monoisotopic (exact) mass is 314 g/mol. The van der Waals surface area contributed by atoms with Gasteiger partial charge < -0.3 is 14.4 Å². The van der Waals surface area contributed by atoms with Crippen LogP contribution in [0.3, 0.4) is 0 Å². The van der Waals surface area contributed by atoms with Crippen molar-refractivity contribution in [3.05, 3.63) is 52.1 Å². The Morgan fingerprint density at radius 1 is 1.39 bits per heavy atom. The van der Waals surface area contributed by atoms with Gasteiger partial charge in [0.2, 0.25) is 5.43 Å². The molecule has 0 spiro atoms. The minimum absolute atomic E-state index is 0.0600. The number of ether oxygens (including phenoxy) is 1. The topological polar surface area (TPSA) is 94.6 Å². The number of rotatable bonds is 3. The van der Waals surface area contributed by atoms with Gasteiger partial charge in [-0.05, 0) is 26.0 Å². The van der Waals surface area contributed by atoms with Crippen LogP contribution in [0.25, 0.3) is 22.4 Å². The fourth-order valence-corrected chi connectivity index (χ4v) is 2.36. The summed E-state index contributed by atoms with van der Waals surface area (Å²) in [6, 6.07) is 6.75. The van der Waals surface area contributed by atoms with Crippen molar-refractivity contribution in [2.75, 3.05) is 6.61 Å². The second-order valence-corrected chi connectivity index (χ2v) is 4.88. The Balaban J connectivity index is 2.20. The summed E-state index contributed by atoms with van der Waals surface area (Å²) in [5.74, 6) is -0.776. The molecule has 3 rings (SSSR count). The highest BCUT2D eigenvalue weighted by atomic mass is 16.5. The lowest BCUT2D eigenvalue weighted by molar-refractivity contribution is 0.0476. The van der Waals surface area contributed by atoms with E-state index in [1.54, 1.807) is 38.1 Å². The predicted octanol–water partition coefficient (Wildman–Crippen LogP) is 2.38. The summed E-state index contributed by atoms with van der Waals surface area (Å²) >= 11 is 0. The fourth-order valence-electron chi connectivity index (χ4n) is 2.36. The Kier molecular flexibility index (Phi) is 3.61. The third kappa shape index (κ3) is 2.36. The average Bonchev–Trinajstić information content (AvgIpc) is 2.83. The van der Waals surface area contributed by atoms with Gasteiger partial charge in [0.1, 0.15) is 17.4 Å². The lowest BCUT2D eigenvalue weighted by Gasteiger charge is -2.04. The maximum atomic E-state index is 12.6. The molecule has 1 aromatic carbocycles. The number of imidazole rings is 1. The third-order valence-electron chi connectivity index (χ3n) is 3.42. The lowest BCUT2D eigenvalue weighted by Crippen LogP contribution is -2.14. The van der Waals surface area contributed by atoms with E-state index in [0.29, 0.717) is 15.7 Å². The summed E-state index contributed by atoms with van der Waals surface area (Å²) in [7, 11) is 0. The molecule has 2 heterocycles. The molecule has 0 amide bonds. The third-order valence-corrected chi connectivity index (χ3v) is 3.42. The molecule has 7 heteroatoms. The van der Waals surface area contributed by atoms with Gasteiger partial charge >= 0.3 is 5.97 Å². The fraction of sp³-hybridized carbons (Fsp3) is 0.188. The maximum absolute atomic E-state index is 12.6. The summed E-state index contributed by atoms with van der Waals surface area (Å²) in [4.78, 5) is 28.5. The minimum Gasteiger partial charge on any atom is -0.463 e. The van der Waals surface area contributed by atoms with Gasteiger partial charge in [0.05, 0.1) is 17.7 Å². The quantitative estimate of drug-likeness (QED) is 0.589. The average molecular weight is 314 g/mol. The Labute approximate surface area is 130 Å². The number of aromatic nitrogens is 2. The molecular weight excluding hydrogens is 300 g/mol. The van der Waals surface area contributed by atoms with Gasteiger partial charge in [0.15, 0.2) is 11.5 Å². The lowest BCUT2D eigenvalue weighted by atomic mass is 10.1. The molecule has 0 aliphatic carbocycles. The highest BCUT2D eigenvalue weighted by molar-refractivity contribution is 5.90. The predicted molar refractivity (Wildman–Crippen MR) is 81.6 cm³/mol. The van der Waals surface area contributed by atoms with Crippen LogP contribution >= 0.6 is 0 Å². The highest BCUT2D eigenvalue weighted by Gasteiger charge is 2.24. The SMILES string of the molecule is CCOC(=O)c1c(C)nc(-c2coc3ccccc3c2=O)n1O. The van der Waals surface area contributed by atoms with Crippen molar-refractivity contribution < 1.29 is 19.2 Å². The molecule has 23 heavy (non-hydrogen) atoms. The molecule has 1 N–H and O–H groups in total. The largest absolute Gasteiger partial charge is 0.463 e. The number of aryl methyl sites for hydroxylation is 1. The molecular formula is C16H14N2O5. The van der Waals surface area contributed by atoms with E-state index in [4.69, 9.17) is 9.15 Å². The zero-order valence-corrected chi connectivity index (χ0v) is 12.6. The van der Waals surface area contributed by atoms with Crippen molar-refractivity contribution in [2.45, 2.75) is 13.8 Å². The molecule has 0 aliphatic heterocycles. The molecule has 0 bridgehead atoms. The number of carbonyl (C=O) groups is 1. The van der Waals surface area contributed by atoms with Crippen molar-refractivity contribution >= 4 is 16.9 Å². The van der Waals surface area contributed by atoms with Gasteiger partial charge in [-0.25, -0.2) is 9.78 Å². The van der Waals surface area contributed by atoms with Crippen molar-refractivity contribution in [3.8, 4) is 11.4 Å². The van der Waals surface area contributed by atoms with Crippen LogP contribution in [-0.2, 0) is 4.74 Å². The first-order chi connectivity index (χ1) is 11.0. The van der Waals surface area contributed by atoms with Crippen LogP contribution < -0.4 is 5.43 Å². The van der Waals surface area contributed by atoms with Crippen LogP contribution in [0.2, 0.25) is 0 Å². The zero-order chi connectivity index (χ0) is 16.6. The molecule has 118 valence electrons. The summed E-state index contributed by atoms with van der Waals surface area (Å²) in [6.07, 6.45) is 1.22. The molecule has 0 radical (unpaired) electrons. The maximum Gasteiger partial charge on any atom is 0.360 e. The van der Waals surface area contributed by atoms with Crippen LogP contribution in [0, 0.1) is 6.92 Å². The Bertz CT molecular complexity index is 955. The van der Waals surface area contributed by atoms with E-state index < -0.39 is 5.97 Å². The normalized spacial score (nSPS) is 10.9. The second kappa shape index (κ2) is 5.60. The van der Waals surface area contributed by atoms with Crippen LogP contribution in [0.1, 0.15) is 23.1 Å². The van der Waals surface area contributed by atoms with Gasteiger partial charge in [0.25, 0.3) is 0 Å². The molecule has 0 atom stereocenters. The van der Waals surface area contributed by atoms with Gasteiger partial charge in [-0.3, -0.25) is 4.79 Å². The van der Waals surface area contributed by atoms with E-state index in [0.717, 1.165) is 0 Å². The van der Waals surface area contributed by atoms with E-state index in [2.05, 4.69) is 4.98 Å². The van der Waals surface area contributed by atoms with Gasteiger partial charge in [-0.15, -0.1) is 0 Å². The summed E-state index contributed by atoms with van der Waals surface area (Å²) < 4.78 is 10.9. The first kappa shape index (κ1) is 14.8. The molecule has 3 aromatic rings. The molecule has 0 saturated carbocycles. The first-order valence-corrected chi connectivity index (χ1v) is 7.01. The van der Waals surface area contributed by atoms with E-state index in [9.17, 15) is 14.8 Å². The van der Waals surface area contributed by atoms with Crippen molar-refractivity contribution in [1.29, 1.82) is 0 Å². The number of nitrogens with zero attached hydrogens (tertiary/aromatic N) is 2. The van der Waals surface area contributed by atoms with Gasteiger partial charge in [0, 0.05) is 0 Å². The number of hydrogen-bond donors (Lipinski definition) is 1. The van der Waals surface area contributed by atoms with E-state index in [-0.39, 0.29) is 34.8 Å². The minimum atomic E-state index is -0.712. The number of esters is 1. The van der Waals surface area contributed by atoms with E-state index in [1.807, 2.05) is 0 Å². The first-order valence-electron chi connectivity index (χ1n) is 7.01. The highest BCUT2D eigenvalue weighted by Crippen LogP contribution is 2.21. The number of hydrogen-bond acceptors (Lipinski definition) is 6. The Morgan fingerprint density at radius 2 is 2.13 bits per heavy atom. The summed E-state index contributed by atoms with van der Waals surface area (Å²) in [5.41, 5.74) is 0.287. The number of para-hydroxylation sites is 1. The second-order valence-electron chi connectivity index (χ2n) is 4.88. The number of benzene rings is 1. The van der Waals surface area contributed by atoms with E-state index >= 15 is 0 Å². The van der Waals surface area contributed by atoms with Gasteiger partial charge in [-0.2, -0.15) is 4.73 Å². The van der Waals surface area contributed by atoms with Crippen molar-refractivity contribution in [1.82, 2.24) is 9.71 Å². The summed E-state index contributed by atoms with van der Waals surface area (Å²) in [6.45, 7) is 3.37. The summed E-state index contributed by atoms with van der Waals surface area (Å²) in [5, 5.41) is 10.6. The zero-order valence-electron chi connectivity index (χ0n) is 12.6. The van der Waals surface area contributed by atoms with Crippen LogP contribution in [0.5, 0.6) is 0 Å². The van der Waals surface area contributed by atoms with Crippen LogP contribution in [0.4, 0.5) is 0 Å². The van der Waals surface area contributed by atoms with E-state index in [1.165, 1.54) is 6.26 Å². The van der Waals surface area contributed by atoms with Crippen molar-refractivity contribution in [2.24, 2.45) is 0 Å². The standard InChI is InChI=1S/C16H14N2O5/c1-3-22-16(20)13-9(2)17-15(18(13)21)11-8-23-12-7-5-4-6-10(12)14(11)19/h4-8,21H,3H2,1-2H3. The smallest absolute Gasteiger partial charge is 0.360 e. The molecule has 2 aromatic heterocycles. The number of carbonyl (C=O) groups excluding carboxylic acids is 1. The molecule has 0 aliphatic rings. The molecule has 7 nitrogen and oxygen atoms in total. The van der Waals surface area contributed by atoms with Crippen molar-refractivity contribution in [3.63, 3.8) is 0 Å². The molecule has 0 unspecified atom stereocenters. The van der Waals surface area contributed by atoms with Crippen LogP contribution in [0.15, 0.2) is 39.7 Å². The number of fused-ring (bicyclic) bond motifs is 1. The Hall–Kier alpha value is -3.09. The molecule has 0 saturated heterocycles. The van der Waals surface area contributed by atoms with Crippen LogP contribution in [-0.4, -0.2) is 27.5 Å².